The lowest BCUT2D eigenvalue weighted by atomic mass is 10.1. The molecule has 2 rings (SSSR count). The Kier molecular flexibility index (Phi) is 3.16. The van der Waals surface area contributed by atoms with Crippen molar-refractivity contribution < 1.29 is 4.74 Å². The molecule has 0 radical (unpaired) electrons. The Hall–Kier alpha value is -0.600. The van der Waals surface area contributed by atoms with Crippen LogP contribution in [0.5, 0.6) is 0 Å². The van der Waals surface area contributed by atoms with Gasteiger partial charge in [0.05, 0.1) is 13.2 Å². The highest BCUT2D eigenvalue weighted by Crippen LogP contribution is 2.10. The largest absolute Gasteiger partial charge is 0.377 e. The van der Waals surface area contributed by atoms with Gasteiger partial charge in [-0.1, -0.05) is 18.2 Å². The molecule has 2 nitrogen and oxygen atoms in total. The second-order valence-electron chi connectivity index (χ2n) is 3.72. The molecule has 1 N–H and O–H groups in total. The van der Waals surface area contributed by atoms with Gasteiger partial charge in [-0.15, -0.1) is 0 Å². The van der Waals surface area contributed by atoms with Crippen molar-refractivity contribution in [2.75, 3.05) is 19.8 Å². The first-order valence-corrected chi connectivity index (χ1v) is 5.09. The molecule has 1 aliphatic heterocycles. The van der Waals surface area contributed by atoms with E-state index in [1.807, 2.05) is 0 Å². The van der Waals surface area contributed by atoms with Crippen molar-refractivity contribution in [3.05, 3.63) is 23.8 Å². The summed E-state index contributed by atoms with van der Waals surface area (Å²) in [5.41, 5.74) is 1.41. The summed E-state index contributed by atoms with van der Waals surface area (Å²) in [6, 6.07) is 0.669. The minimum absolute atomic E-state index is 0.669. The molecule has 0 fully saturated rings. The Morgan fingerprint density at radius 2 is 2.23 bits per heavy atom. The summed E-state index contributed by atoms with van der Waals surface area (Å²) in [5, 5.41) is 3.54. The van der Waals surface area contributed by atoms with Crippen LogP contribution in [0.2, 0.25) is 0 Å². The fraction of sp³-hybridized carbons (Fsp3) is 0.636. The topological polar surface area (TPSA) is 21.3 Å². The average Bonchev–Trinajstić information content (AvgIpc) is 2.69. The van der Waals surface area contributed by atoms with Gasteiger partial charge in [-0.05, 0) is 24.8 Å². The summed E-state index contributed by atoms with van der Waals surface area (Å²) in [6.07, 6.45) is 10.3. The minimum Gasteiger partial charge on any atom is -0.377 e. The van der Waals surface area contributed by atoms with Gasteiger partial charge in [0.15, 0.2) is 0 Å². The molecule has 0 saturated heterocycles. The van der Waals surface area contributed by atoms with Crippen molar-refractivity contribution in [3.63, 3.8) is 0 Å². The van der Waals surface area contributed by atoms with Gasteiger partial charge in [-0.2, -0.15) is 0 Å². The van der Waals surface area contributed by atoms with Gasteiger partial charge in [0.1, 0.15) is 0 Å². The van der Waals surface area contributed by atoms with E-state index in [0.717, 1.165) is 26.2 Å². The highest BCUT2D eigenvalue weighted by Gasteiger charge is 2.10. The molecule has 72 valence electrons. The lowest BCUT2D eigenvalue weighted by molar-refractivity contribution is 0.148. The van der Waals surface area contributed by atoms with Crippen LogP contribution in [0, 0.1) is 0 Å². The zero-order chi connectivity index (χ0) is 8.93. The highest BCUT2D eigenvalue weighted by atomic mass is 16.5. The van der Waals surface area contributed by atoms with E-state index in [9.17, 15) is 0 Å². The summed E-state index contributed by atoms with van der Waals surface area (Å²) in [4.78, 5) is 0. The van der Waals surface area contributed by atoms with E-state index >= 15 is 0 Å². The lowest BCUT2D eigenvalue weighted by Crippen LogP contribution is -2.30. The fourth-order valence-electron chi connectivity index (χ4n) is 1.79. The Balaban J connectivity index is 1.69. The van der Waals surface area contributed by atoms with Crippen molar-refractivity contribution in [2.24, 2.45) is 0 Å². The summed E-state index contributed by atoms with van der Waals surface area (Å²) in [7, 11) is 0. The van der Waals surface area contributed by atoms with Gasteiger partial charge in [0.25, 0.3) is 0 Å². The summed E-state index contributed by atoms with van der Waals surface area (Å²) >= 11 is 0. The minimum atomic E-state index is 0.669. The Labute approximate surface area is 79.7 Å². The van der Waals surface area contributed by atoms with Crippen LogP contribution in [0.1, 0.15) is 19.3 Å². The smallest absolute Gasteiger partial charge is 0.0689 e. The first kappa shape index (κ1) is 8.97. The van der Waals surface area contributed by atoms with Crippen LogP contribution in [0.3, 0.4) is 0 Å². The second kappa shape index (κ2) is 4.58. The number of ether oxygens (including phenoxy) is 1. The van der Waals surface area contributed by atoms with E-state index in [0.29, 0.717) is 6.04 Å². The monoisotopic (exact) mass is 179 g/mol. The zero-order valence-corrected chi connectivity index (χ0v) is 7.96. The number of nitrogens with one attached hydrogen (secondary N) is 1. The Bertz CT molecular complexity index is 212. The van der Waals surface area contributed by atoms with Gasteiger partial charge in [0, 0.05) is 12.6 Å². The zero-order valence-electron chi connectivity index (χ0n) is 7.96. The molecule has 1 aliphatic carbocycles. The molecule has 0 aromatic heterocycles. The average molecular weight is 179 g/mol. The SMILES string of the molecule is C1=CCC(NCC2=CCCOC2)C1. The second-order valence-corrected chi connectivity index (χ2v) is 3.72. The molecule has 0 amide bonds. The van der Waals surface area contributed by atoms with Crippen molar-refractivity contribution in [1.29, 1.82) is 0 Å². The highest BCUT2D eigenvalue weighted by molar-refractivity contribution is 5.08. The molecule has 13 heavy (non-hydrogen) atoms. The van der Waals surface area contributed by atoms with Crippen LogP contribution < -0.4 is 5.32 Å². The van der Waals surface area contributed by atoms with Gasteiger partial charge < -0.3 is 10.1 Å². The number of hydrogen-bond acceptors (Lipinski definition) is 2. The molecule has 0 unspecified atom stereocenters. The molecule has 2 heteroatoms. The van der Waals surface area contributed by atoms with Gasteiger partial charge in [0.2, 0.25) is 0 Å². The van der Waals surface area contributed by atoms with Crippen LogP contribution in [-0.4, -0.2) is 25.8 Å². The molecule has 1 heterocycles. The van der Waals surface area contributed by atoms with Crippen molar-refractivity contribution in [3.8, 4) is 0 Å². The fourth-order valence-corrected chi connectivity index (χ4v) is 1.79. The van der Waals surface area contributed by atoms with E-state index in [4.69, 9.17) is 4.74 Å². The standard InChI is InChI=1S/C11H17NO/c1-2-6-11(5-1)12-8-10-4-3-7-13-9-10/h1-2,4,11-12H,3,5-9H2. The Morgan fingerprint density at radius 3 is 2.92 bits per heavy atom. The summed E-state index contributed by atoms with van der Waals surface area (Å²) < 4.78 is 5.37. The van der Waals surface area contributed by atoms with Crippen molar-refractivity contribution >= 4 is 0 Å². The molecule has 0 aromatic carbocycles. The normalized spacial score (nSPS) is 23.5. The molecule has 0 spiro atoms. The van der Waals surface area contributed by atoms with Crippen LogP contribution in [0.25, 0.3) is 0 Å². The molecule has 0 atom stereocenters. The van der Waals surface area contributed by atoms with E-state index < -0.39 is 0 Å². The number of hydrogen-bond donors (Lipinski definition) is 1. The molecule has 2 aliphatic rings. The quantitative estimate of drug-likeness (QED) is 0.665. The van der Waals surface area contributed by atoms with Crippen LogP contribution in [0.15, 0.2) is 23.8 Å². The van der Waals surface area contributed by atoms with E-state index in [1.54, 1.807) is 0 Å². The van der Waals surface area contributed by atoms with Crippen molar-refractivity contribution in [2.45, 2.75) is 25.3 Å². The lowest BCUT2D eigenvalue weighted by Gasteiger charge is -2.17. The van der Waals surface area contributed by atoms with Crippen LogP contribution in [-0.2, 0) is 4.74 Å². The summed E-state index contributed by atoms with van der Waals surface area (Å²) in [6.45, 7) is 2.73. The first-order valence-electron chi connectivity index (χ1n) is 5.09. The maximum atomic E-state index is 5.37. The molecule has 0 aromatic rings. The predicted molar refractivity (Wildman–Crippen MR) is 53.7 cm³/mol. The maximum Gasteiger partial charge on any atom is 0.0689 e. The summed E-state index contributed by atoms with van der Waals surface area (Å²) in [5.74, 6) is 0. The third-order valence-electron chi connectivity index (χ3n) is 2.61. The van der Waals surface area contributed by atoms with E-state index in [1.165, 1.54) is 18.4 Å². The van der Waals surface area contributed by atoms with E-state index in [-0.39, 0.29) is 0 Å². The third-order valence-corrected chi connectivity index (χ3v) is 2.61. The maximum absolute atomic E-state index is 5.37. The van der Waals surface area contributed by atoms with Gasteiger partial charge in [-0.3, -0.25) is 0 Å². The number of rotatable bonds is 3. The van der Waals surface area contributed by atoms with Gasteiger partial charge in [-0.25, -0.2) is 0 Å². The molecular weight excluding hydrogens is 162 g/mol. The van der Waals surface area contributed by atoms with Crippen molar-refractivity contribution in [1.82, 2.24) is 5.32 Å². The molecule has 0 bridgehead atoms. The van der Waals surface area contributed by atoms with E-state index in [2.05, 4.69) is 23.5 Å². The molecule has 0 saturated carbocycles. The first-order chi connectivity index (χ1) is 6.45. The van der Waals surface area contributed by atoms with Crippen LogP contribution in [0.4, 0.5) is 0 Å². The predicted octanol–water partition coefficient (Wildman–Crippen LogP) is 1.64. The molecular formula is C11H17NO. The van der Waals surface area contributed by atoms with Gasteiger partial charge >= 0.3 is 0 Å². The van der Waals surface area contributed by atoms with Crippen LogP contribution >= 0.6 is 0 Å². The Morgan fingerprint density at radius 1 is 1.38 bits per heavy atom. The third kappa shape index (κ3) is 2.68.